The smallest absolute Gasteiger partial charge is 0.319 e. The second-order valence-electron chi connectivity index (χ2n) is 12.8. The normalized spacial score (nSPS) is 20.9. The van der Waals surface area contributed by atoms with E-state index in [1.54, 1.807) is 17.0 Å². The molecule has 0 spiro atoms. The number of alkyl halides is 1. The molecule has 0 amide bonds. The number of anilines is 3. The molecule has 6 heterocycles. The first-order chi connectivity index (χ1) is 24.7. The number of fused-ring (bicyclic) bond motifs is 2. The van der Waals surface area contributed by atoms with Crippen molar-refractivity contribution in [1.29, 1.82) is 5.26 Å². The third-order valence-electron chi connectivity index (χ3n) is 10.0. The van der Waals surface area contributed by atoms with Crippen LogP contribution in [-0.2, 0) is 0 Å². The number of hydrogen-bond acceptors (Lipinski definition) is 11. The van der Waals surface area contributed by atoms with Crippen LogP contribution in [0.1, 0.15) is 36.4 Å². The first kappa shape index (κ1) is 33.2. The van der Waals surface area contributed by atoms with Gasteiger partial charge in [-0.2, -0.15) is 15.2 Å². The minimum Gasteiger partial charge on any atom is -0.489 e. The lowest BCUT2D eigenvalue weighted by Crippen LogP contribution is -2.43. The second kappa shape index (κ2) is 12.7. The van der Waals surface area contributed by atoms with Crippen molar-refractivity contribution < 1.29 is 27.0 Å². The van der Waals surface area contributed by atoms with Crippen LogP contribution in [0.5, 0.6) is 11.8 Å². The van der Waals surface area contributed by atoms with E-state index in [1.807, 2.05) is 6.07 Å². The fourth-order valence-electron chi connectivity index (χ4n) is 7.78. The summed E-state index contributed by atoms with van der Waals surface area (Å²) in [7, 11) is 0. The predicted molar refractivity (Wildman–Crippen MR) is 187 cm³/mol. The van der Waals surface area contributed by atoms with Crippen molar-refractivity contribution in [3.63, 3.8) is 0 Å². The van der Waals surface area contributed by atoms with Crippen LogP contribution in [0, 0.1) is 23.0 Å². The van der Waals surface area contributed by atoms with E-state index < -0.39 is 29.4 Å². The molecule has 3 aliphatic heterocycles. The SMILES string of the molecule is N#Cc1c(N)sc2c(F)ccc(-c3c(Cl)c4c5c(nc(OC[C@@]67CCCN6C[C@H](F)C7)nc5c3F)N(C(/C=C/F)c3cccnc3N)CCO4)c12. The van der Waals surface area contributed by atoms with E-state index in [9.17, 15) is 14.0 Å². The number of nitrogens with two attached hydrogens (primary N) is 2. The van der Waals surface area contributed by atoms with Gasteiger partial charge >= 0.3 is 6.01 Å². The quantitative estimate of drug-likeness (QED) is 0.164. The monoisotopic (exact) mass is 736 g/mol. The molecule has 1 unspecified atom stereocenters. The molecular weight excluding hydrogens is 708 g/mol. The molecule has 3 aliphatic rings. The summed E-state index contributed by atoms with van der Waals surface area (Å²) in [5, 5.41) is 10.00. The van der Waals surface area contributed by atoms with Crippen molar-refractivity contribution in [2.45, 2.75) is 37.0 Å². The number of benzene rings is 2. The van der Waals surface area contributed by atoms with Gasteiger partial charge in [-0.15, -0.1) is 11.3 Å². The zero-order valence-corrected chi connectivity index (χ0v) is 28.4. The van der Waals surface area contributed by atoms with Gasteiger partial charge in [0.15, 0.2) is 11.6 Å². The number of hydrogen-bond donors (Lipinski definition) is 2. The molecule has 2 fully saturated rings. The van der Waals surface area contributed by atoms with Crippen LogP contribution in [0.25, 0.3) is 32.1 Å². The molecule has 0 radical (unpaired) electrons. The van der Waals surface area contributed by atoms with Crippen LogP contribution in [0.2, 0.25) is 5.02 Å². The molecule has 3 aromatic heterocycles. The molecule has 8 rings (SSSR count). The molecule has 2 aromatic carbocycles. The fourth-order valence-corrected chi connectivity index (χ4v) is 9.07. The molecule has 16 heteroatoms. The van der Waals surface area contributed by atoms with Gasteiger partial charge in [0, 0.05) is 35.7 Å². The average Bonchev–Trinajstić information content (AvgIpc) is 3.71. The van der Waals surface area contributed by atoms with Crippen molar-refractivity contribution in [2.24, 2.45) is 0 Å². The first-order valence-electron chi connectivity index (χ1n) is 16.2. The van der Waals surface area contributed by atoms with Crippen LogP contribution in [0.3, 0.4) is 0 Å². The summed E-state index contributed by atoms with van der Waals surface area (Å²) in [5.74, 6) is -1.30. The number of aromatic nitrogens is 3. The van der Waals surface area contributed by atoms with Crippen molar-refractivity contribution in [3.05, 3.63) is 70.7 Å². The Morgan fingerprint density at radius 3 is 2.84 bits per heavy atom. The highest BCUT2D eigenvalue weighted by atomic mass is 35.5. The van der Waals surface area contributed by atoms with Gasteiger partial charge in [0.2, 0.25) is 0 Å². The number of nitrogen functional groups attached to an aromatic ring is 2. The third-order valence-corrected chi connectivity index (χ3v) is 11.4. The molecule has 2 saturated heterocycles. The van der Waals surface area contributed by atoms with Gasteiger partial charge in [-0.25, -0.2) is 22.5 Å². The molecule has 3 atom stereocenters. The Balaban J connectivity index is 1.38. The van der Waals surface area contributed by atoms with Crippen molar-refractivity contribution in [2.75, 3.05) is 49.2 Å². The maximum atomic E-state index is 17.3. The summed E-state index contributed by atoms with van der Waals surface area (Å²) in [4.78, 5) is 17.2. The summed E-state index contributed by atoms with van der Waals surface area (Å²) in [6.45, 7) is 1.15. The van der Waals surface area contributed by atoms with Gasteiger partial charge in [-0.3, -0.25) is 4.90 Å². The third kappa shape index (κ3) is 5.27. The minimum absolute atomic E-state index is 0.0186. The lowest BCUT2D eigenvalue weighted by molar-refractivity contribution is 0.107. The maximum Gasteiger partial charge on any atom is 0.319 e. The van der Waals surface area contributed by atoms with E-state index in [1.165, 1.54) is 18.3 Å². The summed E-state index contributed by atoms with van der Waals surface area (Å²) < 4.78 is 73.6. The Morgan fingerprint density at radius 2 is 2.06 bits per heavy atom. The number of thiophene rings is 1. The Hall–Kier alpha value is -4.91. The Bertz CT molecular complexity index is 2300. The standard InChI is InChI=1S/C35H29ClF4N8O2S/c36-26-24(19-4-5-21(39)30-23(19)20(14-41)32(43)51-30)27(40)28-25-29(26)49-12-11-48(22(6-8-37)18-3-1-9-44-31(18)42)33(25)46-34(45-28)50-16-35-7-2-10-47(35)15-17(38)13-35/h1,3-6,8-9,17,22H,2,7,10-13,15-16,43H2,(H2,42,44)/b8-6+/t17-,22?,35+/m1/s1. The van der Waals surface area contributed by atoms with E-state index >= 15 is 8.78 Å². The highest BCUT2D eigenvalue weighted by molar-refractivity contribution is 7.23. The molecular formula is C35H29ClF4N8O2S. The largest absolute Gasteiger partial charge is 0.489 e. The molecule has 51 heavy (non-hydrogen) atoms. The van der Waals surface area contributed by atoms with Crippen LogP contribution < -0.4 is 25.8 Å². The summed E-state index contributed by atoms with van der Waals surface area (Å²) in [6, 6.07) is 6.71. The lowest BCUT2D eigenvalue weighted by Gasteiger charge is -2.32. The topological polar surface area (TPSA) is 139 Å². The number of halogens is 5. The molecule has 0 bridgehead atoms. The van der Waals surface area contributed by atoms with E-state index in [0.29, 0.717) is 24.9 Å². The van der Waals surface area contributed by atoms with Crippen LogP contribution in [0.4, 0.5) is 34.2 Å². The summed E-state index contributed by atoms with van der Waals surface area (Å²) in [5.41, 5.74) is 11.8. The highest BCUT2D eigenvalue weighted by Crippen LogP contribution is 2.51. The van der Waals surface area contributed by atoms with Gasteiger partial charge in [-0.1, -0.05) is 23.7 Å². The fraction of sp³-hybridized carbons (Fsp3) is 0.314. The number of ether oxygens (including phenoxy) is 2. The lowest BCUT2D eigenvalue weighted by atomic mass is 9.95. The molecule has 262 valence electrons. The summed E-state index contributed by atoms with van der Waals surface area (Å²) >= 11 is 7.88. The molecule has 10 nitrogen and oxygen atoms in total. The highest BCUT2D eigenvalue weighted by Gasteiger charge is 2.49. The maximum absolute atomic E-state index is 17.3. The van der Waals surface area contributed by atoms with Crippen molar-refractivity contribution in [1.82, 2.24) is 19.9 Å². The van der Waals surface area contributed by atoms with Gasteiger partial charge < -0.3 is 25.8 Å². The predicted octanol–water partition coefficient (Wildman–Crippen LogP) is 7.25. The van der Waals surface area contributed by atoms with Crippen molar-refractivity contribution >= 4 is 60.6 Å². The van der Waals surface area contributed by atoms with E-state index in [0.717, 1.165) is 30.4 Å². The van der Waals surface area contributed by atoms with E-state index in [-0.39, 0.29) is 97.3 Å². The summed E-state index contributed by atoms with van der Waals surface area (Å²) in [6.07, 6.45) is 3.98. The Labute approximate surface area is 297 Å². The van der Waals surface area contributed by atoms with Gasteiger partial charge in [0.05, 0.1) is 45.1 Å². The molecule has 0 aliphatic carbocycles. The minimum atomic E-state index is -1.01. The van der Waals surface area contributed by atoms with Crippen LogP contribution in [0.15, 0.2) is 42.9 Å². The zero-order valence-electron chi connectivity index (χ0n) is 26.8. The van der Waals surface area contributed by atoms with E-state index in [2.05, 4.69) is 14.9 Å². The molecule has 0 saturated carbocycles. The molecule has 5 aromatic rings. The van der Waals surface area contributed by atoms with Crippen molar-refractivity contribution in [3.8, 4) is 29.0 Å². The number of pyridine rings is 1. The zero-order chi connectivity index (χ0) is 35.6. The van der Waals surface area contributed by atoms with Gasteiger partial charge in [0.1, 0.15) is 53.4 Å². The van der Waals surface area contributed by atoms with Gasteiger partial charge in [-0.05, 0) is 43.2 Å². The second-order valence-corrected chi connectivity index (χ2v) is 14.2. The Morgan fingerprint density at radius 1 is 1.22 bits per heavy atom. The van der Waals surface area contributed by atoms with Gasteiger partial charge in [0.25, 0.3) is 0 Å². The van der Waals surface area contributed by atoms with Crippen LogP contribution in [-0.4, -0.2) is 64.4 Å². The molecule has 4 N–H and O–H groups in total. The number of rotatable bonds is 7. The Kier molecular flexibility index (Phi) is 8.28. The number of nitrogens with zero attached hydrogens (tertiary/aromatic N) is 6. The first-order valence-corrected chi connectivity index (χ1v) is 17.4. The van der Waals surface area contributed by atoms with E-state index in [4.69, 9.17) is 37.5 Å². The average molecular weight is 737 g/mol. The van der Waals surface area contributed by atoms with Crippen LogP contribution >= 0.6 is 22.9 Å². The number of nitriles is 1.